The lowest BCUT2D eigenvalue weighted by Gasteiger charge is -2.12. The zero-order chi connectivity index (χ0) is 13.8. The first kappa shape index (κ1) is 13.7. The summed E-state index contributed by atoms with van der Waals surface area (Å²) in [6, 6.07) is 8.20. The zero-order valence-corrected chi connectivity index (χ0v) is 11.8. The van der Waals surface area contributed by atoms with Gasteiger partial charge in [0.15, 0.2) is 0 Å². The van der Waals surface area contributed by atoms with Crippen LogP contribution in [0.3, 0.4) is 0 Å². The molecule has 0 bridgehead atoms. The van der Waals surface area contributed by atoms with Gasteiger partial charge in [-0.2, -0.15) is 0 Å². The van der Waals surface area contributed by atoms with Gasteiger partial charge in [-0.05, 0) is 31.5 Å². The van der Waals surface area contributed by atoms with Crippen LogP contribution in [0.15, 0.2) is 28.7 Å². The second-order valence-corrected chi connectivity index (χ2v) is 4.86. The van der Waals surface area contributed by atoms with Gasteiger partial charge in [0, 0.05) is 0 Å². The van der Waals surface area contributed by atoms with E-state index in [1.54, 1.807) is 14.0 Å². The Labute approximate surface area is 116 Å². The van der Waals surface area contributed by atoms with Gasteiger partial charge in [0.1, 0.15) is 11.1 Å². The molecule has 2 unspecified atom stereocenters. The summed E-state index contributed by atoms with van der Waals surface area (Å²) < 4.78 is 10.5. The predicted octanol–water partition coefficient (Wildman–Crippen LogP) is 3.55. The average molecular weight is 282 g/mol. The summed E-state index contributed by atoms with van der Waals surface area (Å²) in [6.45, 7) is 3.79. The standard InChI is InChI=1S/C13H16ClN3O2/c1-8(14)12-16-17-13(19-12)15-9(2)10-4-6-11(18-3)7-5-10/h4-9H,1-3H3,(H,15,17). The van der Waals surface area contributed by atoms with Crippen LogP contribution in [0.5, 0.6) is 5.75 Å². The molecule has 6 heteroatoms. The number of aromatic nitrogens is 2. The monoisotopic (exact) mass is 281 g/mol. The van der Waals surface area contributed by atoms with Crippen LogP contribution < -0.4 is 10.1 Å². The van der Waals surface area contributed by atoms with Crippen LogP contribution in [0.4, 0.5) is 6.01 Å². The highest BCUT2D eigenvalue weighted by atomic mass is 35.5. The maximum atomic E-state index is 5.87. The van der Waals surface area contributed by atoms with Gasteiger partial charge in [-0.25, -0.2) is 0 Å². The van der Waals surface area contributed by atoms with Crippen molar-refractivity contribution in [2.24, 2.45) is 0 Å². The topological polar surface area (TPSA) is 60.2 Å². The van der Waals surface area contributed by atoms with E-state index in [-0.39, 0.29) is 11.4 Å². The minimum Gasteiger partial charge on any atom is -0.497 e. The molecule has 0 aliphatic heterocycles. The van der Waals surface area contributed by atoms with Gasteiger partial charge in [0.2, 0.25) is 5.89 Å². The highest BCUT2D eigenvalue weighted by molar-refractivity contribution is 6.20. The van der Waals surface area contributed by atoms with Gasteiger partial charge in [-0.15, -0.1) is 16.7 Å². The van der Waals surface area contributed by atoms with E-state index in [2.05, 4.69) is 15.5 Å². The highest BCUT2D eigenvalue weighted by Gasteiger charge is 2.13. The number of hydrogen-bond donors (Lipinski definition) is 1. The van der Waals surface area contributed by atoms with Crippen molar-refractivity contribution in [2.75, 3.05) is 12.4 Å². The Morgan fingerprint density at radius 3 is 2.42 bits per heavy atom. The van der Waals surface area contributed by atoms with E-state index in [9.17, 15) is 0 Å². The summed E-state index contributed by atoms with van der Waals surface area (Å²) in [6.07, 6.45) is 0. The van der Waals surface area contributed by atoms with E-state index in [1.165, 1.54) is 0 Å². The summed E-state index contributed by atoms with van der Waals surface area (Å²) in [5.74, 6) is 1.23. The lowest BCUT2D eigenvalue weighted by atomic mass is 10.1. The number of rotatable bonds is 5. The number of alkyl halides is 1. The second-order valence-electron chi connectivity index (χ2n) is 4.20. The Hall–Kier alpha value is -1.75. The first-order valence-corrected chi connectivity index (χ1v) is 6.41. The number of anilines is 1. The van der Waals surface area contributed by atoms with Crippen molar-refractivity contribution < 1.29 is 9.15 Å². The fraction of sp³-hybridized carbons (Fsp3) is 0.385. The number of ether oxygens (including phenoxy) is 1. The SMILES string of the molecule is COc1ccc(C(C)Nc2nnc(C(C)Cl)o2)cc1. The molecule has 5 nitrogen and oxygen atoms in total. The van der Waals surface area contributed by atoms with E-state index in [4.69, 9.17) is 20.8 Å². The van der Waals surface area contributed by atoms with Crippen LogP contribution in [-0.4, -0.2) is 17.3 Å². The number of nitrogens with zero attached hydrogens (tertiary/aromatic N) is 2. The molecule has 1 heterocycles. The molecule has 0 saturated heterocycles. The van der Waals surface area contributed by atoms with Crippen LogP contribution in [0.1, 0.15) is 36.7 Å². The molecule has 102 valence electrons. The Morgan fingerprint density at radius 2 is 1.89 bits per heavy atom. The quantitative estimate of drug-likeness (QED) is 0.849. The molecule has 19 heavy (non-hydrogen) atoms. The van der Waals surface area contributed by atoms with Gasteiger partial charge in [-0.1, -0.05) is 17.2 Å². The summed E-state index contributed by atoms with van der Waals surface area (Å²) in [4.78, 5) is 0. The molecule has 0 saturated carbocycles. The molecule has 0 aliphatic carbocycles. The van der Waals surface area contributed by atoms with E-state index < -0.39 is 0 Å². The van der Waals surface area contributed by atoms with Gasteiger partial charge in [0.05, 0.1) is 13.2 Å². The van der Waals surface area contributed by atoms with Crippen molar-refractivity contribution in [3.05, 3.63) is 35.7 Å². The molecule has 0 radical (unpaired) electrons. The Morgan fingerprint density at radius 1 is 1.21 bits per heavy atom. The molecule has 1 aromatic heterocycles. The largest absolute Gasteiger partial charge is 0.497 e. The van der Waals surface area contributed by atoms with Crippen molar-refractivity contribution in [3.8, 4) is 5.75 Å². The molecule has 1 N–H and O–H groups in total. The van der Waals surface area contributed by atoms with Gasteiger partial charge in [-0.3, -0.25) is 0 Å². The molecule has 0 fully saturated rings. The molecule has 0 spiro atoms. The van der Waals surface area contributed by atoms with Crippen molar-refractivity contribution in [2.45, 2.75) is 25.3 Å². The first-order valence-electron chi connectivity index (χ1n) is 5.98. The van der Waals surface area contributed by atoms with Crippen LogP contribution in [0.2, 0.25) is 0 Å². The van der Waals surface area contributed by atoms with Gasteiger partial charge < -0.3 is 14.5 Å². The number of hydrogen-bond acceptors (Lipinski definition) is 5. The smallest absolute Gasteiger partial charge is 0.315 e. The van der Waals surface area contributed by atoms with E-state index in [0.717, 1.165) is 11.3 Å². The number of halogens is 1. The van der Waals surface area contributed by atoms with Crippen molar-refractivity contribution in [1.29, 1.82) is 0 Å². The molecule has 2 rings (SSSR count). The lowest BCUT2D eigenvalue weighted by Crippen LogP contribution is -2.06. The van der Waals surface area contributed by atoms with Crippen LogP contribution in [0, 0.1) is 0 Å². The van der Waals surface area contributed by atoms with E-state index >= 15 is 0 Å². The molecule has 2 atom stereocenters. The third kappa shape index (κ3) is 3.38. The van der Waals surface area contributed by atoms with Crippen LogP contribution in [-0.2, 0) is 0 Å². The maximum absolute atomic E-state index is 5.87. The van der Waals surface area contributed by atoms with Crippen molar-refractivity contribution in [1.82, 2.24) is 10.2 Å². The Kier molecular flexibility index (Phi) is 4.27. The average Bonchev–Trinajstić information content (AvgIpc) is 2.87. The minimum absolute atomic E-state index is 0.0461. The van der Waals surface area contributed by atoms with Gasteiger partial charge in [0.25, 0.3) is 0 Å². The van der Waals surface area contributed by atoms with E-state index in [0.29, 0.717) is 11.9 Å². The summed E-state index contributed by atoms with van der Waals surface area (Å²) >= 11 is 5.87. The number of methoxy groups -OCH3 is 1. The normalized spacial score (nSPS) is 13.9. The lowest BCUT2D eigenvalue weighted by molar-refractivity contribution is 0.414. The third-order valence-corrected chi connectivity index (χ3v) is 2.92. The fourth-order valence-corrected chi connectivity index (χ4v) is 1.70. The Balaban J connectivity index is 2.04. The molecular weight excluding hydrogens is 266 g/mol. The highest BCUT2D eigenvalue weighted by Crippen LogP contribution is 2.23. The number of benzene rings is 1. The second kappa shape index (κ2) is 5.93. The van der Waals surface area contributed by atoms with E-state index in [1.807, 2.05) is 31.2 Å². The van der Waals surface area contributed by atoms with Crippen LogP contribution in [0.25, 0.3) is 0 Å². The summed E-state index contributed by atoms with van der Waals surface area (Å²) in [5.41, 5.74) is 1.10. The van der Waals surface area contributed by atoms with Crippen LogP contribution >= 0.6 is 11.6 Å². The predicted molar refractivity (Wildman–Crippen MR) is 73.6 cm³/mol. The Bertz CT molecular complexity index is 525. The zero-order valence-electron chi connectivity index (χ0n) is 11.1. The summed E-state index contributed by atoms with van der Waals surface area (Å²) in [5, 5.41) is 10.6. The van der Waals surface area contributed by atoms with Crippen molar-refractivity contribution >= 4 is 17.6 Å². The number of nitrogens with one attached hydrogen (secondary N) is 1. The minimum atomic E-state index is -0.292. The van der Waals surface area contributed by atoms with Crippen molar-refractivity contribution in [3.63, 3.8) is 0 Å². The molecule has 2 aromatic rings. The summed E-state index contributed by atoms with van der Waals surface area (Å²) in [7, 11) is 1.64. The molecular formula is C13H16ClN3O2. The maximum Gasteiger partial charge on any atom is 0.315 e. The third-order valence-electron chi connectivity index (χ3n) is 2.74. The molecule has 0 aliphatic rings. The van der Waals surface area contributed by atoms with Gasteiger partial charge >= 0.3 is 6.01 Å². The molecule has 0 amide bonds. The fourth-order valence-electron chi connectivity index (χ4n) is 1.61. The molecule has 1 aromatic carbocycles. The first-order chi connectivity index (χ1) is 9.10.